The second-order valence-electron chi connectivity index (χ2n) is 2.83. The van der Waals surface area contributed by atoms with Crippen LogP contribution in [0.15, 0.2) is 30.3 Å². The van der Waals surface area contributed by atoms with Gasteiger partial charge in [0.15, 0.2) is 0 Å². The molecule has 4 nitrogen and oxygen atoms in total. The van der Waals surface area contributed by atoms with Gasteiger partial charge in [0, 0.05) is 5.56 Å². The largest absolute Gasteiger partial charge is 0.355 e. The van der Waals surface area contributed by atoms with Gasteiger partial charge < -0.3 is 5.11 Å². The average Bonchev–Trinajstić information content (AvgIpc) is 2.14. The molecule has 2 rings (SSSR count). The van der Waals surface area contributed by atoms with E-state index in [1.54, 1.807) is 30.3 Å². The molecule has 1 atom stereocenters. The third-order valence-corrected chi connectivity index (χ3v) is 1.84. The number of hydrogen-bond donors (Lipinski definition) is 1. The highest BCUT2D eigenvalue weighted by Gasteiger charge is 2.47. The minimum Gasteiger partial charge on any atom is -0.355 e. The first-order valence-corrected chi connectivity index (χ1v) is 3.85. The number of carbonyl (C=O) groups is 1. The number of benzene rings is 1. The molecule has 1 aliphatic rings. The lowest BCUT2D eigenvalue weighted by Crippen LogP contribution is -2.53. The van der Waals surface area contributed by atoms with Crippen LogP contribution in [0.1, 0.15) is 10.4 Å². The SMILES string of the molecule is O=C(c1ccccc1)C1(O)COO1. The molecule has 0 amide bonds. The van der Waals surface area contributed by atoms with Crippen LogP contribution in [-0.2, 0) is 9.78 Å². The normalized spacial score (nSPS) is 26.5. The van der Waals surface area contributed by atoms with Crippen molar-refractivity contribution in [3.63, 3.8) is 0 Å². The fourth-order valence-electron chi connectivity index (χ4n) is 1.09. The van der Waals surface area contributed by atoms with Gasteiger partial charge in [-0.3, -0.25) is 4.79 Å². The molecular weight excluding hydrogens is 172 g/mol. The van der Waals surface area contributed by atoms with E-state index in [9.17, 15) is 9.90 Å². The summed E-state index contributed by atoms with van der Waals surface area (Å²) in [5, 5.41) is 9.44. The summed E-state index contributed by atoms with van der Waals surface area (Å²) < 4.78 is 0. The Labute approximate surface area is 74.6 Å². The standard InChI is InChI=1S/C9H8O4/c10-8(9(11)6-12-13-9)7-4-2-1-3-5-7/h1-5,11H,6H2. The summed E-state index contributed by atoms with van der Waals surface area (Å²) in [6, 6.07) is 8.45. The molecule has 1 saturated heterocycles. The molecule has 1 aromatic rings. The fraction of sp³-hybridized carbons (Fsp3) is 0.222. The molecule has 4 heteroatoms. The fourth-order valence-corrected chi connectivity index (χ4v) is 1.09. The molecule has 0 radical (unpaired) electrons. The lowest BCUT2D eigenvalue weighted by molar-refractivity contribution is -0.506. The van der Waals surface area contributed by atoms with E-state index in [-0.39, 0.29) is 6.61 Å². The first kappa shape index (κ1) is 8.37. The van der Waals surface area contributed by atoms with E-state index in [1.165, 1.54) is 0 Å². The highest BCUT2D eigenvalue weighted by molar-refractivity contribution is 6.01. The molecule has 0 bridgehead atoms. The summed E-state index contributed by atoms with van der Waals surface area (Å²) in [6.07, 6.45) is 0. The number of ketones is 1. The van der Waals surface area contributed by atoms with Crippen LogP contribution in [0, 0.1) is 0 Å². The summed E-state index contributed by atoms with van der Waals surface area (Å²) in [6.45, 7) is -0.110. The summed E-state index contributed by atoms with van der Waals surface area (Å²) in [7, 11) is 0. The molecule has 68 valence electrons. The Morgan fingerprint density at radius 1 is 1.38 bits per heavy atom. The van der Waals surface area contributed by atoms with Gasteiger partial charge in [-0.1, -0.05) is 30.3 Å². The van der Waals surface area contributed by atoms with Gasteiger partial charge in [0.1, 0.15) is 6.61 Å². The van der Waals surface area contributed by atoms with Crippen molar-refractivity contribution in [1.29, 1.82) is 0 Å². The smallest absolute Gasteiger partial charge is 0.289 e. The van der Waals surface area contributed by atoms with Crippen molar-refractivity contribution in [2.24, 2.45) is 0 Å². The Kier molecular flexibility index (Phi) is 1.88. The van der Waals surface area contributed by atoms with E-state index in [2.05, 4.69) is 9.78 Å². The van der Waals surface area contributed by atoms with E-state index >= 15 is 0 Å². The van der Waals surface area contributed by atoms with Crippen molar-refractivity contribution in [3.8, 4) is 0 Å². The Balaban J connectivity index is 2.23. The highest BCUT2D eigenvalue weighted by Crippen LogP contribution is 2.23. The van der Waals surface area contributed by atoms with E-state index in [1.807, 2.05) is 0 Å². The van der Waals surface area contributed by atoms with E-state index < -0.39 is 11.6 Å². The summed E-state index contributed by atoms with van der Waals surface area (Å²) in [5.41, 5.74) is 0.410. The number of carbonyl (C=O) groups excluding carboxylic acids is 1. The van der Waals surface area contributed by atoms with Gasteiger partial charge in [-0.15, -0.1) is 0 Å². The molecule has 1 heterocycles. The zero-order chi connectivity index (χ0) is 9.31. The molecule has 0 aliphatic carbocycles. The van der Waals surface area contributed by atoms with Crippen LogP contribution >= 0.6 is 0 Å². The van der Waals surface area contributed by atoms with Gasteiger partial charge >= 0.3 is 0 Å². The van der Waals surface area contributed by atoms with Gasteiger partial charge in [0.05, 0.1) is 0 Å². The number of rotatable bonds is 2. The minimum absolute atomic E-state index is 0.110. The molecule has 1 aromatic carbocycles. The topological polar surface area (TPSA) is 55.8 Å². The molecule has 0 saturated carbocycles. The van der Waals surface area contributed by atoms with Crippen molar-refractivity contribution >= 4 is 5.78 Å². The van der Waals surface area contributed by atoms with Crippen molar-refractivity contribution in [2.45, 2.75) is 5.79 Å². The van der Waals surface area contributed by atoms with Crippen molar-refractivity contribution in [1.82, 2.24) is 0 Å². The van der Waals surface area contributed by atoms with Crippen molar-refractivity contribution in [3.05, 3.63) is 35.9 Å². The predicted molar refractivity (Wildman–Crippen MR) is 42.8 cm³/mol. The van der Waals surface area contributed by atoms with Gasteiger partial charge in [-0.05, 0) is 0 Å². The Morgan fingerprint density at radius 2 is 2.00 bits per heavy atom. The Bertz CT molecular complexity index is 316. The van der Waals surface area contributed by atoms with E-state index in [0.717, 1.165) is 0 Å². The van der Waals surface area contributed by atoms with Gasteiger partial charge in [0.2, 0.25) is 5.78 Å². The van der Waals surface area contributed by atoms with Gasteiger partial charge in [-0.2, -0.15) is 4.89 Å². The third kappa shape index (κ3) is 1.35. The molecule has 0 spiro atoms. The molecule has 13 heavy (non-hydrogen) atoms. The minimum atomic E-state index is -1.78. The zero-order valence-electron chi connectivity index (χ0n) is 6.77. The van der Waals surface area contributed by atoms with E-state index in [4.69, 9.17) is 0 Å². The Morgan fingerprint density at radius 3 is 2.46 bits per heavy atom. The summed E-state index contributed by atoms with van der Waals surface area (Å²) >= 11 is 0. The zero-order valence-corrected chi connectivity index (χ0v) is 6.77. The molecular formula is C9H8O4. The molecule has 1 fully saturated rings. The number of hydrogen-bond acceptors (Lipinski definition) is 4. The van der Waals surface area contributed by atoms with Crippen molar-refractivity contribution < 1.29 is 19.7 Å². The first-order chi connectivity index (χ1) is 6.22. The maximum absolute atomic E-state index is 11.5. The van der Waals surface area contributed by atoms with Crippen molar-refractivity contribution in [2.75, 3.05) is 6.61 Å². The van der Waals surface area contributed by atoms with Gasteiger partial charge in [-0.25, -0.2) is 4.89 Å². The van der Waals surface area contributed by atoms with Crippen LogP contribution in [0.25, 0.3) is 0 Å². The maximum Gasteiger partial charge on any atom is 0.289 e. The summed E-state index contributed by atoms with van der Waals surface area (Å²) in [4.78, 5) is 20.1. The van der Waals surface area contributed by atoms with Crippen LogP contribution in [0.5, 0.6) is 0 Å². The molecule has 1 N–H and O–H groups in total. The van der Waals surface area contributed by atoms with E-state index in [0.29, 0.717) is 5.56 Å². The monoisotopic (exact) mass is 180 g/mol. The first-order valence-electron chi connectivity index (χ1n) is 3.85. The second kappa shape index (κ2) is 2.92. The molecule has 0 aromatic heterocycles. The Hall–Kier alpha value is -1.23. The molecule has 1 aliphatic heterocycles. The average molecular weight is 180 g/mol. The lowest BCUT2D eigenvalue weighted by Gasteiger charge is -2.32. The van der Waals surface area contributed by atoms with Crippen LogP contribution in [0.2, 0.25) is 0 Å². The van der Waals surface area contributed by atoms with Crippen LogP contribution in [0.4, 0.5) is 0 Å². The maximum atomic E-state index is 11.5. The third-order valence-electron chi connectivity index (χ3n) is 1.84. The highest BCUT2D eigenvalue weighted by atomic mass is 17.3. The van der Waals surface area contributed by atoms with Crippen LogP contribution in [0.3, 0.4) is 0 Å². The summed E-state index contributed by atoms with van der Waals surface area (Å²) in [5.74, 6) is -2.25. The number of aliphatic hydroxyl groups is 1. The van der Waals surface area contributed by atoms with Crippen LogP contribution < -0.4 is 0 Å². The van der Waals surface area contributed by atoms with Gasteiger partial charge in [0.25, 0.3) is 5.79 Å². The quantitative estimate of drug-likeness (QED) is 0.532. The lowest BCUT2D eigenvalue weighted by atomic mass is 10.0. The van der Waals surface area contributed by atoms with Crippen LogP contribution in [-0.4, -0.2) is 23.3 Å². The molecule has 1 unspecified atom stereocenters. The number of Topliss-reactive ketones (excluding diaryl/α,β-unsaturated/α-hetero) is 1. The predicted octanol–water partition coefficient (Wildman–Crippen LogP) is 0.520. The second-order valence-corrected chi connectivity index (χ2v) is 2.83.